The summed E-state index contributed by atoms with van der Waals surface area (Å²) in [7, 11) is -6.70. The number of carboxylic acid groups (broad SMARTS) is 1. The number of amides is 1. The third-order valence-electron chi connectivity index (χ3n) is 11.0. The number of hydrogen-bond donors (Lipinski definition) is 5. The van der Waals surface area contributed by atoms with Gasteiger partial charge in [0, 0.05) is 52.6 Å². The molecule has 6 rings (SSSR count). The van der Waals surface area contributed by atoms with E-state index in [1.54, 1.807) is 53.9 Å². The number of anilines is 4. The average Bonchev–Trinajstić information content (AvgIpc) is 3.19. The molecule has 0 spiro atoms. The zero-order valence-electron chi connectivity index (χ0n) is 36.1. The van der Waals surface area contributed by atoms with E-state index in [4.69, 9.17) is 10.8 Å². The van der Waals surface area contributed by atoms with Gasteiger partial charge in [0.05, 0.1) is 39.2 Å². The maximum atomic E-state index is 12.6. The molecule has 0 atom stereocenters. The van der Waals surface area contributed by atoms with Gasteiger partial charge in [-0.05, 0) is 130 Å². The van der Waals surface area contributed by atoms with Crippen LogP contribution < -0.4 is 30.3 Å². The van der Waals surface area contributed by atoms with Crippen LogP contribution in [0.3, 0.4) is 0 Å². The van der Waals surface area contributed by atoms with Crippen molar-refractivity contribution < 1.29 is 31.5 Å². The molecule has 3 radical (unpaired) electrons. The fraction of sp³-hybridized carbons (Fsp3) is 0.619. The van der Waals surface area contributed by atoms with Crippen LogP contribution in [0.1, 0.15) is 106 Å². The summed E-state index contributed by atoms with van der Waals surface area (Å²) in [6.07, 6.45) is 19.2. The topological polar surface area (TPSA) is 217 Å². The van der Waals surface area contributed by atoms with Gasteiger partial charge >= 0.3 is 5.97 Å². The molecule has 2 aliphatic heterocycles. The van der Waals surface area contributed by atoms with E-state index in [0.717, 1.165) is 56.3 Å². The quantitative estimate of drug-likeness (QED) is 0.157. The fourth-order valence-electron chi connectivity index (χ4n) is 6.90. The number of nitrogens with zero attached hydrogens (tertiary/aromatic N) is 4. The molecule has 18 heteroatoms. The van der Waals surface area contributed by atoms with Gasteiger partial charge in [-0.1, -0.05) is 24.3 Å². The van der Waals surface area contributed by atoms with E-state index in [1.165, 1.54) is 0 Å². The first-order valence-electron chi connectivity index (χ1n) is 20.7. The van der Waals surface area contributed by atoms with Crippen LogP contribution in [-0.2, 0) is 29.6 Å². The molecule has 60 heavy (non-hydrogen) atoms. The second kappa shape index (κ2) is 22.2. The smallest absolute Gasteiger partial charge is 0.306 e. The molecule has 331 valence electrons. The first-order valence-corrected chi connectivity index (χ1v) is 23.7. The molecule has 2 aliphatic carbocycles. The van der Waals surface area contributed by atoms with Crippen molar-refractivity contribution in [3.05, 3.63) is 61.0 Å². The van der Waals surface area contributed by atoms with Crippen molar-refractivity contribution >= 4 is 63.3 Å². The second-order valence-corrected chi connectivity index (χ2v) is 22.6. The molecule has 4 aliphatic rings. The molecule has 0 saturated heterocycles. The van der Waals surface area contributed by atoms with Crippen LogP contribution in [-0.4, -0.2) is 100.0 Å². The molecule has 0 bridgehead atoms. The minimum atomic E-state index is -3.36. The van der Waals surface area contributed by atoms with E-state index < -0.39 is 35.5 Å². The van der Waals surface area contributed by atoms with Gasteiger partial charge in [0.2, 0.25) is 26.0 Å². The third kappa shape index (κ3) is 15.2. The third-order valence-corrected chi connectivity index (χ3v) is 15.5. The van der Waals surface area contributed by atoms with Gasteiger partial charge < -0.3 is 26.0 Å². The molecule has 2 saturated carbocycles. The van der Waals surface area contributed by atoms with Crippen LogP contribution in [0, 0.1) is 11.8 Å². The number of nitrogens with one attached hydrogen (secondary N) is 3. The van der Waals surface area contributed by atoms with Crippen molar-refractivity contribution in [3.8, 4) is 0 Å². The van der Waals surface area contributed by atoms with Gasteiger partial charge in [0.15, 0.2) is 0 Å². The number of carbonyl (C=O) groups excluding carboxylic acids is 1. The van der Waals surface area contributed by atoms with E-state index in [-0.39, 0.29) is 38.2 Å². The van der Waals surface area contributed by atoms with Crippen LogP contribution in [0.5, 0.6) is 0 Å². The van der Waals surface area contributed by atoms with Gasteiger partial charge in [-0.2, -0.15) is 0 Å². The van der Waals surface area contributed by atoms with E-state index >= 15 is 0 Å². The van der Waals surface area contributed by atoms with Crippen molar-refractivity contribution in [1.82, 2.24) is 19.4 Å². The minimum Gasteiger partial charge on any atom is -0.481 e. The number of pyridine rings is 2. The lowest BCUT2D eigenvalue weighted by atomic mass is 9.86. The Bertz CT molecular complexity index is 1950. The molecular weight excluding hydrogens is 803 g/mol. The van der Waals surface area contributed by atoms with Crippen molar-refractivity contribution in [2.24, 2.45) is 11.8 Å². The number of nitrogens with two attached hydrogens (primary N) is 1. The average molecular weight is 870 g/mol. The molecule has 15 nitrogen and oxygen atoms in total. The summed E-state index contributed by atoms with van der Waals surface area (Å²) >= 11 is 0. The first kappa shape index (κ1) is 50.4. The summed E-state index contributed by atoms with van der Waals surface area (Å²) in [5, 5.41) is 11.8. The SMILES string of the molecule is CC(C)(C)S(=O)(=O)NC1CCC(C(=O)Nc2ccc(N3CC=CCC3)nc2)CC1.CC(C)(C)S(=O)(=O)NC1CCC(C(=O)O)CC1.Nc1ccc(N2CC=CCC2)nc1.[B]. The van der Waals surface area contributed by atoms with Crippen molar-refractivity contribution in [3.63, 3.8) is 0 Å². The number of aliphatic carboxylic acids is 1. The lowest BCUT2D eigenvalue weighted by Gasteiger charge is -2.30. The van der Waals surface area contributed by atoms with Crippen molar-refractivity contribution in [2.45, 2.75) is 127 Å². The van der Waals surface area contributed by atoms with Gasteiger partial charge in [0.1, 0.15) is 11.6 Å². The van der Waals surface area contributed by atoms with Gasteiger partial charge in [-0.25, -0.2) is 36.2 Å². The van der Waals surface area contributed by atoms with E-state index in [9.17, 15) is 26.4 Å². The molecule has 0 aromatic carbocycles. The highest BCUT2D eigenvalue weighted by atomic mass is 32.2. The van der Waals surface area contributed by atoms with E-state index in [1.807, 2.05) is 24.3 Å². The van der Waals surface area contributed by atoms with Gasteiger partial charge in [0.25, 0.3) is 0 Å². The maximum Gasteiger partial charge on any atom is 0.306 e. The zero-order chi connectivity index (χ0) is 43.4. The number of sulfonamides is 2. The zero-order valence-corrected chi connectivity index (χ0v) is 37.8. The Morgan fingerprint density at radius 1 is 0.667 bits per heavy atom. The van der Waals surface area contributed by atoms with E-state index in [0.29, 0.717) is 57.1 Å². The van der Waals surface area contributed by atoms with Crippen LogP contribution in [0.4, 0.5) is 23.0 Å². The molecule has 2 fully saturated rings. The summed E-state index contributed by atoms with van der Waals surface area (Å²) < 4.78 is 52.3. The Kier molecular flexibility index (Phi) is 18.6. The highest BCUT2D eigenvalue weighted by Gasteiger charge is 2.35. The number of carbonyl (C=O) groups is 2. The number of hydrogen-bond acceptors (Lipinski definition) is 11. The largest absolute Gasteiger partial charge is 0.481 e. The van der Waals surface area contributed by atoms with Crippen LogP contribution in [0.2, 0.25) is 0 Å². The molecular formula is C42H66BN8O7S2. The Hall–Kier alpha value is -4.00. The first-order chi connectivity index (χ1) is 27.6. The highest BCUT2D eigenvalue weighted by molar-refractivity contribution is 7.91. The maximum absolute atomic E-state index is 12.6. The predicted octanol–water partition coefficient (Wildman–Crippen LogP) is 5.46. The predicted molar refractivity (Wildman–Crippen MR) is 242 cm³/mol. The van der Waals surface area contributed by atoms with Crippen LogP contribution in [0.25, 0.3) is 0 Å². The number of carboxylic acids is 1. The van der Waals surface area contributed by atoms with Crippen LogP contribution in [0.15, 0.2) is 61.0 Å². The van der Waals surface area contributed by atoms with Crippen molar-refractivity contribution in [2.75, 3.05) is 47.0 Å². The standard InChI is InChI=1S/C21H32N4O3S.C11H21NO4S.C10H13N3.B/c1-21(2,3)29(27,28)24-17-9-7-16(8-10-17)20(26)23-18-11-12-19(22-15-18)25-13-5-4-6-14-25;1-11(2,3)17(15,16)12-9-6-4-8(5-7-9)10(13)14;11-9-4-5-10(12-8-9)13-6-2-1-3-7-13;/h4-5,11-12,15-17,24H,6-10,13-14H2,1-3H3,(H,23,26);8-9,12H,4-7H2,1-3H3,(H,13,14);1-2,4-5,8H,3,6-7,11H2;. The summed E-state index contributed by atoms with van der Waals surface area (Å²) in [6.45, 7) is 13.8. The number of nitrogen functional groups attached to an aromatic ring is 1. The van der Waals surface area contributed by atoms with Gasteiger partial charge in [-0.15, -0.1) is 0 Å². The Morgan fingerprint density at radius 2 is 1.10 bits per heavy atom. The van der Waals surface area contributed by atoms with Crippen LogP contribution >= 0.6 is 0 Å². The minimum absolute atomic E-state index is 0. The Morgan fingerprint density at radius 3 is 1.45 bits per heavy atom. The molecule has 2 aromatic heterocycles. The monoisotopic (exact) mass is 869 g/mol. The summed E-state index contributed by atoms with van der Waals surface area (Å²) in [5.74, 6) is 0.722. The molecule has 6 N–H and O–H groups in total. The second-order valence-electron chi connectivity index (χ2n) is 17.7. The summed E-state index contributed by atoms with van der Waals surface area (Å²) in [5.41, 5.74) is 6.98. The highest BCUT2D eigenvalue weighted by Crippen LogP contribution is 2.29. The lowest BCUT2D eigenvalue weighted by molar-refractivity contribution is -0.142. The molecule has 0 unspecified atom stereocenters. The normalized spacial score (nSPS) is 22.2. The summed E-state index contributed by atoms with van der Waals surface area (Å²) in [4.78, 5) is 36.6. The molecule has 1 amide bonds. The lowest BCUT2D eigenvalue weighted by Crippen LogP contribution is -2.46. The Labute approximate surface area is 360 Å². The van der Waals surface area contributed by atoms with E-state index in [2.05, 4.69) is 58.8 Å². The van der Waals surface area contributed by atoms with Crippen molar-refractivity contribution in [1.29, 1.82) is 0 Å². The number of aromatic nitrogens is 2. The number of rotatable bonds is 9. The Balaban J connectivity index is 0.000000262. The van der Waals surface area contributed by atoms with Gasteiger partial charge in [-0.3, -0.25) is 9.59 Å². The molecule has 4 heterocycles. The molecule has 2 aromatic rings. The summed E-state index contributed by atoms with van der Waals surface area (Å²) in [6, 6.07) is 7.47. The fourth-order valence-corrected chi connectivity index (χ4v) is 8.95.